The molecule has 20 heavy (non-hydrogen) atoms. The molecular weight excluding hydrogens is 256 g/mol. The van der Waals surface area contributed by atoms with Crippen molar-refractivity contribution in [2.45, 2.75) is 19.5 Å². The van der Waals surface area contributed by atoms with Crippen LogP contribution in [0.4, 0.5) is 0 Å². The van der Waals surface area contributed by atoms with E-state index in [1.54, 1.807) is 9.91 Å². The van der Waals surface area contributed by atoms with Crippen LogP contribution in [0.15, 0.2) is 30.3 Å². The van der Waals surface area contributed by atoms with Crippen LogP contribution in [-0.4, -0.2) is 47.4 Å². The van der Waals surface area contributed by atoms with Crippen LogP contribution in [0.2, 0.25) is 0 Å². The SMILES string of the molecule is CC(=O)N1CCN(N)CC1C(=O)NCc1ccccc1. The van der Waals surface area contributed by atoms with Crippen LogP contribution in [-0.2, 0) is 16.1 Å². The minimum absolute atomic E-state index is 0.0991. The number of hydrogen-bond acceptors (Lipinski definition) is 4. The molecule has 1 unspecified atom stereocenters. The number of carbonyl (C=O) groups is 2. The van der Waals surface area contributed by atoms with E-state index < -0.39 is 6.04 Å². The predicted molar refractivity (Wildman–Crippen MR) is 75.2 cm³/mol. The summed E-state index contributed by atoms with van der Waals surface area (Å²) in [5, 5.41) is 4.43. The molecule has 0 bridgehead atoms. The number of amides is 2. The molecule has 0 aliphatic carbocycles. The molecule has 1 saturated heterocycles. The van der Waals surface area contributed by atoms with Crippen LogP contribution in [0.25, 0.3) is 0 Å². The number of piperazine rings is 1. The van der Waals surface area contributed by atoms with Gasteiger partial charge >= 0.3 is 0 Å². The number of nitrogens with two attached hydrogens (primary N) is 1. The second-order valence-electron chi connectivity index (χ2n) is 4.93. The van der Waals surface area contributed by atoms with Crippen LogP contribution in [0, 0.1) is 0 Å². The molecule has 1 aliphatic rings. The van der Waals surface area contributed by atoms with Crippen molar-refractivity contribution in [3.8, 4) is 0 Å². The second-order valence-corrected chi connectivity index (χ2v) is 4.93. The minimum Gasteiger partial charge on any atom is -0.350 e. The van der Waals surface area contributed by atoms with E-state index in [1.165, 1.54) is 6.92 Å². The monoisotopic (exact) mass is 276 g/mol. The molecule has 1 aromatic rings. The van der Waals surface area contributed by atoms with Gasteiger partial charge in [0, 0.05) is 33.1 Å². The Hall–Kier alpha value is -1.92. The van der Waals surface area contributed by atoms with Crippen LogP contribution < -0.4 is 11.2 Å². The van der Waals surface area contributed by atoms with Gasteiger partial charge in [-0.3, -0.25) is 15.4 Å². The largest absolute Gasteiger partial charge is 0.350 e. The highest BCUT2D eigenvalue weighted by Gasteiger charge is 2.32. The van der Waals surface area contributed by atoms with Gasteiger partial charge in [0.1, 0.15) is 6.04 Å². The summed E-state index contributed by atoms with van der Waals surface area (Å²) in [7, 11) is 0. The molecule has 0 aromatic heterocycles. The number of hydrazine groups is 1. The van der Waals surface area contributed by atoms with Crippen LogP contribution >= 0.6 is 0 Å². The van der Waals surface area contributed by atoms with E-state index in [4.69, 9.17) is 5.84 Å². The van der Waals surface area contributed by atoms with Gasteiger partial charge in [0.15, 0.2) is 0 Å². The van der Waals surface area contributed by atoms with Gasteiger partial charge in [-0.1, -0.05) is 30.3 Å². The molecule has 1 atom stereocenters. The van der Waals surface area contributed by atoms with Crippen LogP contribution in [0.1, 0.15) is 12.5 Å². The van der Waals surface area contributed by atoms with Gasteiger partial charge in [-0.2, -0.15) is 0 Å². The average Bonchev–Trinajstić information content (AvgIpc) is 2.45. The summed E-state index contributed by atoms with van der Waals surface area (Å²) in [5.41, 5.74) is 1.02. The molecule has 1 aromatic carbocycles. The van der Waals surface area contributed by atoms with Gasteiger partial charge in [0.05, 0.1) is 0 Å². The maximum absolute atomic E-state index is 12.2. The predicted octanol–water partition coefficient (Wildman–Crippen LogP) is -0.291. The molecule has 6 nitrogen and oxygen atoms in total. The number of hydrogen-bond donors (Lipinski definition) is 2. The number of nitrogens with zero attached hydrogens (tertiary/aromatic N) is 2. The van der Waals surface area contributed by atoms with Crippen molar-refractivity contribution >= 4 is 11.8 Å². The normalized spacial score (nSPS) is 19.7. The fourth-order valence-corrected chi connectivity index (χ4v) is 2.31. The fraction of sp³-hybridized carbons (Fsp3) is 0.429. The van der Waals surface area contributed by atoms with Gasteiger partial charge in [-0.05, 0) is 5.56 Å². The summed E-state index contributed by atoms with van der Waals surface area (Å²) >= 11 is 0. The molecule has 108 valence electrons. The Labute approximate surface area is 118 Å². The molecule has 1 heterocycles. The molecule has 2 rings (SSSR count). The smallest absolute Gasteiger partial charge is 0.244 e. The highest BCUT2D eigenvalue weighted by molar-refractivity contribution is 5.87. The van der Waals surface area contributed by atoms with E-state index in [9.17, 15) is 9.59 Å². The Morgan fingerprint density at radius 2 is 2.00 bits per heavy atom. The average molecular weight is 276 g/mol. The second kappa shape index (κ2) is 6.49. The highest BCUT2D eigenvalue weighted by atomic mass is 16.2. The minimum atomic E-state index is -0.519. The zero-order valence-corrected chi connectivity index (χ0v) is 11.6. The third-order valence-corrected chi connectivity index (χ3v) is 3.43. The van der Waals surface area contributed by atoms with E-state index >= 15 is 0 Å². The van der Waals surface area contributed by atoms with E-state index in [-0.39, 0.29) is 11.8 Å². The van der Waals surface area contributed by atoms with Crippen LogP contribution in [0.5, 0.6) is 0 Å². The molecule has 1 fully saturated rings. The summed E-state index contributed by atoms with van der Waals surface area (Å²) < 4.78 is 0. The molecule has 0 spiro atoms. The first kappa shape index (κ1) is 14.5. The quantitative estimate of drug-likeness (QED) is 0.744. The van der Waals surface area contributed by atoms with Gasteiger partial charge in [-0.15, -0.1) is 0 Å². The first-order valence-corrected chi connectivity index (χ1v) is 6.66. The van der Waals surface area contributed by atoms with Gasteiger partial charge in [0.25, 0.3) is 0 Å². The Bertz CT molecular complexity index is 477. The lowest BCUT2D eigenvalue weighted by Gasteiger charge is -2.38. The Kier molecular flexibility index (Phi) is 4.70. The van der Waals surface area contributed by atoms with E-state index in [0.29, 0.717) is 26.2 Å². The standard InChI is InChI=1S/C14H20N4O2/c1-11(19)18-8-7-17(15)10-13(18)14(20)16-9-12-5-3-2-4-6-12/h2-6,13H,7-10,15H2,1H3,(H,16,20). The first-order valence-electron chi connectivity index (χ1n) is 6.66. The number of benzene rings is 1. The summed E-state index contributed by atoms with van der Waals surface area (Å²) in [6.45, 7) is 3.35. The maximum Gasteiger partial charge on any atom is 0.244 e. The topological polar surface area (TPSA) is 78.7 Å². The van der Waals surface area contributed by atoms with E-state index in [1.807, 2.05) is 30.3 Å². The Morgan fingerprint density at radius 3 is 2.65 bits per heavy atom. The Morgan fingerprint density at radius 1 is 1.30 bits per heavy atom. The number of carbonyl (C=O) groups excluding carboxylic acids is 2. The van der Waals surface area contributed by atoms with E-state index in [2.05, 4.69) is 5.32 Å². The lowest BCUT2D eigenvalue weighted by molar-refractivity contribution is -0.142. The Balaban J connectivity index is 1.97. The fourth-order valence-electron chi connectivity index (χ4n) is 2.31. The van der Waals surface area contributed by atoms with Gasteiger partial charge in [-0.25, -0.2) is 5.01 Å². The molecule has 2 amide bonds. The lowest BCUT2D eigenvalue weighted by Crippen LogP contribution is -2.61. The molecular formula is C14H20N4O2. The lowest BCUT2D eigenvalue weighted by atomic mass is 10.1. The van der Waals surface area contributed by atoms with Crippen molar-refractivity contribution < 1.29 is 9.59 Å². The zero-order valence-electron chi connectivity index (χ0n) is 11.6. The van der Waals surface area contributed by atoms with E-state index in [0.717, 1.165) is 5.56 Å². The molecule has 3 N–H and O–H groups in total. The van der Waals surface area contributed by atoms with Gasteiger partial charge in [0.2, 0.25) is 11.8 Å². The number of nitrogens with one attached hydrogen (secondary N) is 1. The number of rotatable bonds is 3. The molecule has 0 radical (unpaired) electrons. The van der Waals surface area contributed by atoms with Crippen LogP contribution in [0.3, 0.4) is 0 Å². The van der Waals surface area contributed by atoms with Crippen molar-refractivity contribution in [2.75, 3.05) is 19.6 Å². The van der Waals surface area contributed by atoms with Crippen molar-refractivity contribution in [1.82, 2.24) is 15.2 Å². The molecule has 1 aliphatic heterocycles. The van der Waals surface area contributed by atoms with Crippen molar-refractivity contribution in [3.63, 3.8) is 0 Å². The maximum atomic E-state index is 12.2. The third kappa shape index (κ3) is 3.55. The highest BCUT2D eigenvalue weighted by Crippen LogP contribution is 2.08. The third-order valence-electron chi connectivity index (χ3n) is 3.43. The van der Waals surface area contributed by atoms with Crippen molar-refractivity contribution in [2.24, 2.45) is 5.84 Å². The zero-order chi connectivity index (χ0) is 14.5. The summed E-state index contributed by atoms with van der Waals surface area (Å²) in [6.07, 6.45) is 0. The van der Waals surface area contributed by atoms with Crippen molar-refractivity contribution in [3.05, 3.63) is 35.9 Å². The van der Waals surface area contributed by atoms with Crippen molar-refractivity contribution in [1.29, 1.82) is 0 Å². The summed E-state index contributed by atoms with van der Waals surface area (Å²) in [4.78, 5) is 25.4. The molecule has 0 saturated carbocycles. The van der Waals surface area contributed by atoms with Gasteiger partial charge < -0.3 is 10.2 Å². The molecule has 6 heteroatoms. The summed E-state index contributed by atoms with van der Waals surface area (Å²) in [6, 6.07) is 9.14. The summed E-state index contributed by atoms with van der Waals surface area (Å²) in [5.74, 6) is 5.48. The first-order chi connectivity index (χ1) is 9.58.